The van der Waals surface area contributed by atoms with Crippen molar-refractivity contribution in [1.82, 2.24) is 10.3 Å². The molecular weight excluding hydrogens is 242 g/mol. The van der Waals surface area contributed by atoms with Crippen molar-refractivity contribution in [1.29, 1.82) is 0 Å². The van der Waals surface area contributed by atoms with Crippen molar-refractivity contribution in [2.24, 2.45) is 0 Å². The molecule has 2 rings (SSSR count). The van der Waals surface area contributed by atoms with E-state index in [-0.39, 0.29) is 5.54 Å². The van der Waals surface area contributed by atoms with Gasteiger partial charge in [0.05, 0.1) is 5.69 Å². The van der Waals surface area contributed by atoms with Crippen LogP contribution in [0.5, 0.6) is 0 Å². The minimum absolute atomic E-state index is 0.276. The van der Waals surface area contributed by atoms with Gasteiger partial charge in [-0.1, -0.05) is 13.3 Å². The van der Waals surface area contributed by atoms with E-state index in [2.05, 4.69) is 31.0 Å². The summed E-state index contributed by atoms with van der Waals surface area (Å²) in [6, 6.07) is 0. The summed E-state index contributed by atoms with van der Waals surface area (Å²) in [5.74, 6) is 0. The summed E-state index contributed by atoms with van der Waals surface area (Å²) in [6.45, 7) is 8.99. The van der Waals surface area contributed by atoms with Crippen LogP contribution in [-0.2, 0) is 13.0 Å². The Bertz CT molecular complexity index is 374. The summed E-state index contributed by atoms with van der Waals surface area (Å²) in [7, 11) is 2.01. The van der Waals surface area contributed by atoms with E-state index < -0.39 is 0 Å². The monoisotopic (exact) mass is 267 g/mol. The molecular formula is C14H25N3S. The average Bonchev–Trinajstić information content (AvgIpc) is 2.84. The largest absolute Gasteiger partial charge is 0.343 e. The van der Waals surface area contributed by atoms with Gasteiger partial charge < -0.3 is 10.2 Å². The molecule has 1 saturated heterocycles. The molecule has 0 bridgehead atoms. The molecule has 2 heterocycles. The topological polar surface area (TPSA) is 28.2 Å². The zero-order valence-corrected chi connectivity index (χ0v) is 12.9. The maximum Gasteiger partial charge on any atom is 0.186 e. The van der Waals surface area contributed by atoms with Crippen molar-refractivity contribution in [3.63, 3.8) is 0 Å². The Morgan fingerprint density at radius 2 is 2.22 bits per heavy atom. The zero-order valence-electron chi connectivity index (χ0n) is 12.0. The van der Waals surface area contributed by atoms with E-state index in [0.717, 1.165) is 19.5 Å². The molecule has 0 aromatic carbocycles. The molecule has 0 radical (unpaired) electrons. The molecule has 3 nitrogen and oxygen atoms in total. The van der Waals surface area contributed by atoms with E-state index >= 15 is 0 Å². The maximum atomic E-state index is 4.90. The molecule has 1 aromatic rings. The Labute approximate surface area is 115 Å². The molecule has 102 valence electrons. The van der Waals surface area contributed by atoms with Gasteiger partial charge in [0.15, 0.2) is 5.13 Å². The molecule has 0 aliphatic carbocycles. The van der Waals surface area contributed by atoms with Gasteiger partial charge in [-0.05, 0) is 40.2 Å². The summed E-state index contributed by atoms with van der Waals surface area (Å²) < 4.78 is 0. The molecule has 1 fully saturated rings. The molecule has 0 spiro atoms. The van der Waals surface area contributed by atoms with E-state index in [1.54, 1.807) is 0 Å². The van der Waals surface area contributed by atoms with Crippen LogP contribution in [-0.4, -0.2) is 24.1 Å². The maximum absolute atomic E-state index is 4.90. The Balaban J connectivity index is 2.25. The number of rotatable bonds is 5. The van der Waals surface area contributed by atoms with E-state index in [1.807, 2.05) is 18.4 Å². The SMILES string of the molecule is CCCc1nc(N2CCCC2(C)C)sc1CNC. The van der Waals surface area contributed by atoms with Crippen LogP contribution in [0.15, 0.2) is 0 Å². The Hall–Kier alpha value is -0.610. The van der Waals surface area contributed by atoms with Crippen LogP contribution < -0.4 is 10.2 Å². The summed E-state index contributed by atoms with van der Waals surface area (Å²) in [6.07, 6.45) is 4.83. The molecule has 0 amide bonds. The van der Waals surface area contributed by atoms with Gasteiger partial charge in [0.2, 0.25) is 0 Å². The van der Waals surface area contributed by atoms with Crippen LogP contribution in [0.3, 0.4) is 0 Å². The highest BCUT2D eigenvalue weighted by atomic mass is 32.1. The molecule has 1 aliphatic heterocycles. The Morgan fingerprint density at radius 3 is 2.78 bits per heavy atom. The third-order valence-corrected chi connectivity index (χ3v) is 4.84. The van der Waals surface area contributed by atoms with E-state index in [1.165, 1.54) is 35.0 Å². The van der Waals surface area contributed by atoms with Crippen LogP contribution >= 0.6 is 11.3 Å². The second-order valence-corrected chi connectivity index (χ2v) is 6.78. The lowest BCUT2D eigenvalue weighted by molar-refractivity contribution is 0.517. The first-order chi connectivity index (χ1) is 8.58. The standard InChI is InChI=1S/C14H25N3S/c1-5-7-11-12(10-15-4)18-13(16-11)17-9-6-8-14(17,2)3/h15H,5-10H2,1-4H3. The highest BCUT2D eigenvalue weighted by molar-refractivity contribution is 7.15. The highest BCUT2D eigenvalue weighted by Gasteiger charge is 2.34. The van der Waals surface area contributed by atoms with Crippen molar-refractivity contribution in [3.05, 3.63) is 10.6 Å². The number of thiazole rings is 1. The summed E-state index contributed by atoms with van der Waals surface area (Å²) in [5, 5.41) is 4.49. The fourth-order valence-electron chi connectivity index (χ4n) is 2.68. The highest BCUT2D eigenvalue weighted by Crippen LogP contribution is 2.37. The van der Waals surface area contributed by atoms with E-state index in [4.69, 9.17) is 4.98 Å². The van der Waals surface area contributed by atoms with Crippen molar-refractivity contribution in [3.8, 4) is 0 Å². The first-order valence-corrected chi connectivity index (χ1v) is 7.81. The average molecular weight is 267 g/mol. The van der Waals surface area contributed by atoms with Gasteiger partial charge in [-0.2, -0.15) is 0 Å². The van der Waals surface area contributed by atoms with Crippen LogP contribution in [0.25, 0.3) is 0 Å². The molecule has 0 unspecified atom stereocenters. The number of anilines is 1. The van der Waals surface area contributed by atoms with Crippen molar-refractivity contribution >= 4 is 16.5 Å². The second kappa shape index (κ2) is 5.57. The molecule has 1 N–H and O–H groups in total. The summed E-state index contributed by atoms with van der Waals surface area (Å²) in [4.78, 5) is 8.81. The predicted molar refractivity (Wildman–Crippen MR) is 79.5 cm³/mol. The quantitative estimate of drug-likeness (QED) is 0.888. The Morgan fingerprint density at radius 1 is 1.44 bits per heavy atom. The summed E-state index contributed by atoms with van der Waals surface area (Å²) in [5.41, 5.74) is 1.58. The molecule has 18 heavy (non-hydrogen) atoms. The minimum Gasteiger partial charge on any atom is -0.343 e. The zero-order chi connectivity index (χ0) is 13.2. The number of nitrogens with one attached hydrogen (secondary N) is 1. The van der Waals surface area contributed by atoms with Gasteiger partial charge in [0.25, 0.3) is 0 Å². The normalized spacial score (nSPS) is 18.6. The van der Waals surface area contributed by atoms with Gasteiger partial charge in [-0.15, -0.1) is 11.3 Å². The smallest absolute Gasteiger partial charge is 0.186 e. The van der Waals surface area contributed by atoms with Gasteiger partial charge in [0.1, 0.15) is 0 Å². The van der Waals surface area contributed by atoms with Crippen LogP contribution in [0.2, 0.25) is 0 Å². The molecule has 1 aromatic heterocycles. The second-order valence-electron chi connectivity index (χ2n) is 5.71. The van der Waals surface area contributed by atoms with Crippen molar-refractivity contribution < 1.29 is 0 Å². The van der Waals surface area contributed by atoms with Crippen LogP contribution in [0, 0.1) is 0 Å². The lowest BCUT2D eigenvalue weighted by Gasteiger charge is -2.31. The van der Waals surface area contributed by atoms with Gasteiger partial charge >= 0.3 is 0 Å². The fraction of sp³-hybridized carbons (Fsp3) is 0.786. The van der Waals surface area contributed by atoms with Crippen LogP contribution in [0.1, 0.15) is 50.6 Å². The number of nitrogens with zero attached hydrogens (tertiary/aromatic N) is 2. The first-order valence-electron chi connectivity index (χ1n) is 6.99. The summed E-state index contributed by atoms with van der Waals surface area (Å²) >= 11 is 1.88. The molecule has 4 heteroatoms. The number of aromatic nitrogens is 1. The van der Waals surface area contributed by atoms with Crippen LogP contribution in [0.4, 0.5) is 5.13 Å². The van der Waals surface area contributed by atoms with Gasteiger partial charge in [0, 0.05) is 23.5 Å². The third kappa shape index (κ3) is 2.69. The van der Waals surface area contributed by atoms with Gasteiger partial charge in [-0.3, -0.25) is 0 Å². The predicted octanol–water partition coefficient (Wildman–Crippen LogP) is 3.19. The molecule has 0 atom stereocenters. The van der Waals surface area contributed by atoms with Crippen molar-refractivity contribution in [2.75, 3.05) is 18.5 Å². The number of aryl methyl sites for hydroxylation is 1. The number of hydrogen-bond acceptors (Lipinski definition) is 4. The van der Waals surface area contributed by atoms with Crippen molar-refractivity contribution in [2.45, 2.75) is 58.5 Å². The Kier molecular flexibility index (Phi) is 4.28. The minimum atomic E-state index is 0.276. The lowest BCUT2D eigenvalue weighted by Crippen LogP contribution is -2.38. The fourth-order valence-corrected chi connectivity index (χ4v) is 3.98. The molecule has 0 saturated carbocycles. The van der Waals surface area contributed by atoms with E-state index in [0.29, 0.717) is 0 Å². The molecule has 1 aliphatic rings. The first kappa shape index (κ1) is 13.8. The third-order valence-electron chi connectivity index (χ3n) is 3.72. The van der Waals surface area contributed by atoms with E-state index in [9.17, 15) is 0 Å². The number of hydrogen-bond donors (Lipinski definition) is 1. The van der Waals surface area contributed by atoms with Gasteiger partial charge in [-0.25, -0.2) is 4.98 Å². The lowest BCUT2D eigenvalue weighted by atomic mass is 10.0.